The van der Waals surface area contributed by atoms with Crippen molar-refractivity contribution >= 4 is 29.3 Å². The van der Waals surface area contributed by atoms with Gasteiger partial charge in [0, 0.05) is 159 Å². The van der Waals surface area contributed by atoms with Gasteiger partial charge in [-0.1, -0.05) is 36.4 Å². The van der Waals surface area contributed by atoms with Crippen molar-refractivity contribution in [1.29, 1.82) is 8.59 Å². The summed E-state index contributed by atoms with van der Waals surface area (Å²) in [7, 11) is 14.0. The molecule has 12 aliphatic rings. The number of nitrogen functional groups attached to an aromatic ring is 1. The fourth-order valence-corrected chi connectivity index (χ4v) is 18.3. The minimum Gasteiger partial charge on any atom is -0.541 e. The summed E-state index contributed by atoms with van der Waals surface area (Å²) in [5, 5.41) is 50.4. The normalized spacial score (nSPS) is 33.7. The minimum absolute atomic E-state index is 0. The Morgan fingerprint density at radius 1 is 0.427 bits per heavy atom. The van der Waals surface area contributed by atoms with Gasteiger partial charge in [0.15, 0.2) is 37.0 Å². The van der Waals surface area contributed by atoms with E-state index in [1.165, 1.54) is 146 Å². The zero-order chi connectivity index (χ0) is 115. The van der Waals surface area contributed by atoms with Crippen LogP contribution >= 0.6 is 0 Å². The number of nitrogens with zero attached hydrogens (tertiary/aromatic N) is 12. The Hall–Kier alpha value is -9.39. The van der Waals surface area contributed by atoms with Crippen LogP contribution in [0.1, 0.15) is 185 Å². The van der Waals surface area contributed by atoms with E-state index in [1.54, 1.807) is 102 Å². The first-order valence-corrected chi connectivity index (χ1v) is 44.0. The van der Waals surface area contributed by atoms with E-state index < -0.39 is 200 Å². The number of ether oxygens (including phenoxy) is 16. The molecule has 2 aromatic carbocycles. The number of methoxy groups -OCH3 is 4. The maximum absolute atomic E-state index is 12.6. The van der Waals surface area contributed by atoms with E-state index in [0.717, 1.165) is 0 Å². The largest absolute Gasteiger partial charge is 0.541 e. The van der Waals surface area contributed by atoms with Crippen LogP contribution in [0.2, 0.25) is 0 Å². The molecule has 13 N–H and O–H groups in total. The van der Waals surface area contributed by atoms with E-state index in [2.05, 4.69) is 76.3 Å². The minimum atomic E-state index is -1.22. The van der Waals surface area contributed by atoms with Gasteiger partial charge in [-0.05, 0) is 179 Å². The van der Waals surface area contributed by atoms with E-state index in [-0.39, 0.29) is 108 Å². The molecule has 48 nitrogen and oxygen atoms in total. The second-order valence-corrected chi connectivity index (χ2v) is 36.2. The molecule has 20 rings (SSSR count). The predicted octanol–water partition coefficient (Wildman–Crippen LogP) is 2.05. The van der Waals surface area contributed by atoms with Crippen LogP contribution in [0.15, 0.2) is 163 Å². The Bertz CT molecular complexity index is 6240. The van der Waals surface area contributed by atoms with Crippen molar-refractivity contribution in [3.8, 4) is 5.82 Å². The van der Waals surface area contributed by atoms with E-state index >= 15 is 0 Å². The second-order valence-electron chi connectivity index (χ2n) is 36.2. The molecule has 790 valence electrons. The van der Waals surface area contributed by atoms with Crippen molar-refractivity contribution in [2.75, 3.05) is 87.5 Å². The van der Waals surface area contributed by atoms with Crippen LogP contribution in [0, 0.1) is 37.7 Å². The van der Waals surface area contributed by atoms with E-state index in [9.17, 15) is 48.6 Å². The Morgan fingerprint density at radius 3 is 1.05 bits per heavy atom. The number of aromatic amines is 1. The van der Waals surface area contributed by atoms with Crippen LogP contribution in [-0.2, 0) is 75.8 Å². The topological polar surface area (TPSA) is 619 Å². The quantitative estimate of drug-likeness (QED) is 0.0693. The molecule has 18 heterocycles. The summed E-state index contributed by atoms with van der Waals surface area (Å²) in [6, 6.07) is 24.7. The van der Waals surface area contributed by atoms with Gasteiger partial charge in [0.25, 0.3) is 17.4 Å². The van der Waals surface area contributed by atoms with Crippen LogP contribution in [-0.4, -0.2) is 335 Å². The number of aliphatic hydroxyl groups is 8. The van der Waals surface area contributed by atoms with E-state index in [0.29, 0.717) is 16.9 Å². The van der Waals surface area contributed by atoms with Gasteiger partial charge in [-0.3, -0.25) is 42.2 Å². The van der Waals surface area contributed by atoms with Crippen molar-refractivity contribution in [3.63, 3.8) is 0 Å². The van der Waals surface area contributed by atoms with Gasteiger partial charge in [-0.15, -0.1) is 0 Å². The summed E-state index contributed by atoms with van der Waals surface area (Å²) < 4.78 is 183. The maximum atomic E-state index is 12.6. The Labute approximate surface area is 866 Å². The Kier molecular flexibility index (Phi) is 33.0. The molecule has 12 fully saturated rings. The Balaban J connectivity index is 0.000000221. The monoisotopic (exact) mass is 2260 g/mol. The third kappa shape index (κ3) is 21.9. The number of hydrogen-bond donors (Lipinski definition) is 12. The van der Waals surface area contributed by atoms with Gasteiger partial charge in [-0.25, -0.2) is 33.6 Å². The summed E-state index contributed by atoms with van der Waals surface area (Å²) in [5.74, 6) is 0.0262. The third-order valence-electron chi connectivity index (χ3n) is 26.6. The average molecular weight is 2260 g/mol. The number of aromatic nitrogens is 13. The number of H-pyrrole nitrogens is 1. The first-order valence-electron chi connectivity index (χ1n) is 50.7. The number of benzene rings is 2. The number of amides is 2. The molecule has 8 aromatic rings. The van der Waals surface area contributed by atoms with Crippen molar-refractivity contribution in [2.24, 2.45) is 0 Å². The van der Waals surface area contributed by atoms with Gasteiger partial charge in [-0.2, -0.15) is 31.6 Å². The summed E-state index contributed by atoms with van der Waals surface area (Å²) >= 11 is 0. The number of nitrogens with one attached hydrogen (secondary N) is 3. The summed E-state index contributed by atoms with van der Waals surface area (Å²) in [6.07, 6.45) is -0.218. The SMILES string of the molecule is [2H]C[C@]12O[C@@H](n3ccc(-n4cncn4)nc3=O)[C@H](OC1(C)C)[C@@H]2OC.[2H]C[C@]12O[C@@H](n3ccc(=O)[nH]c3=O)[C@H](OC1(C)C)[C@@H]2OC.[2H]C[C@]12O[C@@H](n3ccc(N)nc3=O)[C@H](OC1(C)C)[C@@H]2OC.[2H]C[C@]12O[C@@H](n3ccc(NC(=O)c4ccccc4)nc3=O)[C@H](OC1(C)C)[C@@H]2O.[2H]C[C@]12O[C@@H](n3ccc(NC(=O)c4ccccc4)nc3=O)[C@H](OC1(C)C)[C@@H]2OC.[2H]C[C@]12O[CH-][C@H](OC1(C)C)[C@@H]2O.[3H]OC.[3H]OC.[3H]OC.[3H]OC.[3H]OC.[3H]OC.[U]. The van der Waals surface area contributed by atoms with Gasteiger partial charge in [0.2, 0.25) is 8.59 Å². The molecule has 23 atom stereocenters. The standard InChI is InChI=1S/C20H23N3O5.C19H21N3O5.C15H19N5O4.C13H19N3O4.C13H18N2O5.C8H13O3.6CH4O.U/c1-19(2)20(3)15(26-4)14(27-19)17(28-20)23-11-10-13(22-18(23)25)21-16(24)12-8-6-5-7-9-12;1-18(2)19(3)14(23)13(26-18)16(27-19)22-10-9-12(21-17(22)25)20-15(24)11-7-5-4-6-8-11;1-14(2)15(3)11(22-4)10(23-14)12(24-15)19-6-5-9(18-13(19)21)20-8-16-7-17-20;1-12(2)13(3)9(18-4)8(19-12)10(20-13)16-6-5-7(14)15-11(16)17;1-12(2)13(3)9(18-4)8(19-12)10(20-13)15-6-5-7(16)14-11(15)17;1-7(2)8(3)6(9)5(11-7)4-10-8;6*1-2;/h5-11,14-15,17H,1-4H3,(H,21,22,24,25);4-10,13-14,16,23H,1-3H3,(H,20,21,24,25);5-8,10-12H,1-4H3;5-6,8-10H,1-4H3,(H2,14,15,17);5-6,8-10H,1-4H3,(H,14,16,17);4-6,9H,1-3H3;6*2H,1H3;/q;;;;;-1;;;;;;;/t14-,15+,17-,20-;13-,14+,16-,19-;10-,11+,12-,15-;2*8-,9+,10-,13-;5-,6-,8+;;;;;;;/m111110......./s1/i6*3D;6*2T;. The number of aliphatic hydroxyl groups excluding tert-OH is 8. The molecule has 143 heavy (non-hydrogen) atoms. The number of nitrogens with two attached hydrogens (primary N) is 1. The molecule has 0 spiro atoms. The first-order chi connectivity index (χ1) is 72.8. The van der Waals surface area contributed by atoms with Crippen LogP contribution < -0.4 is 50.4 Å². The molecule has 0 radical (unpaired) electrons. The molecule has 0 aliphatic carbocycles. The summed E-state index contributed by atoms with van der Waals surface area (Å²) in [6.45, 7) is 23.2. The molecule has 0 unspecified atom stereocenters. The fourth-order valence-electron chi connectivity index (χ4n) is 18.3. The van der Waals surface area contributed by atoms with Gasteiger partial charge < -0.3 is 133 Å². The number of anilines is 3. The predicted molar refractivity (Wildman–Crippen MR) is 508 cm³/mol. The fraction of sp³-hybridized carbons (Fsp3) is 0.606. The molecule has 49 heteroatoms. The van der Waals surface area contributed by atoms with Gasteiger partial charge in [0.05, 0.1) is 45.3 Å². The summed E-state index contributed by atoms with van der Waals surface area (Å²) in [5.41, 5.74) is -6.95. The number of carbonyl (C=O) groups excluding carboxylic acids is 2. The van der Waals surface area contributed by atoms with Gasteiger partial charge in [0.1, 0.15) is 119 Å². The van der Waals surface area contributed by atoms with Crippen LogP contribution in [0.25, 0.3) is 5.82 Å². The zero-order valence-electron chi connectivity index (χ0n) is 95.4. The number of hydrogen-bond acceptors (Lipinski definition) is 39. The molecule has 12 aliphatic heterocycles. The average Bonchev–Trinajstić information content (AvgIpc) is 2.07. The smallest absolute Gasteiger partial charge is 0.351 e. The third-order valence-corrected chi connectivity index (χ3v) is 26.6. The van der Waals surface area contributed by atoms with Crippen molar-refractivity contribution in [1.82, 2.24) is 62.5 Å². The number of rotatable bonds is 14. The Morgan fingerprint density at radius 2 is 0.748 bits per heavy atom. The molecule has 0 saturated carbocycles. The zero-order valence-corrected chi connectivity index (χ0v) is 87.6. The van der Waals surface area contributed by atoms with Crippen molar-refractivity contribution < 1.29 is 166 Å². The van der Waals surface area contributed by atoms with Crippen LogP contribution in [0.5, 0.6) is 0 Å². The molecule has 12 bridgehead atoms. The van der Waals surface area contributed by atoms with Crippen molar-refractivity contribution in [3.05, 3.63) is 215 Å². The molecule has 12 saturated heterocycles. The number of carbonyl (C=O) groups is 2. The molecular formula is C94H137N16O32U-. The van der Waals surface area contributed by atoms with Crippen molar-refractivity contribution in [2.45, 2.75) is 296 Å². The van der Waals surface area contributed by atoms with Crippen LogP contribution in [0.4, 0.5) is 17.5 Å². The number of fused-ring (bicyclic) bond motifs is 12. The van der Waals surface area contributed by atoms with Gasteiger partial charge >= 0.3 is 28.4 Å². The summed E-state index contributed by atoms with van der Waals surface area (Å²) in [4.78, 5) is 119. The second kappa shape index (κ2) is 46.8. The van der Waals surface area contributed by atoms with Crippen LogP contribution in [0.3, 0.4) is 0 Å². The molecule has 6 aromatic heterocycles. The van der Waals surface area contributed by atoms with E-state index in [1.807, 2.05) is 75.3 Å². The first kappa shape index (κ1) is 101. The van der Waals surface area contributed by atoms with E-state index in [4.69, 9.17) is 98.3 Å². The maximum Gasteiger partial charge on any atom is 0.351 e. The molecular weight excluding hydrogens is 2100 g/mol. The molecule has 2 amide bonds.